The van der Waals surface area contributed by atoms with Crippen LogP contribution in [0.4, 0.5) is 0 Å². The minimum Gasteiger partial charge on any atom is -0.496 e. The molecule has 0 N–H and O–H groups in total. The fourth-order valence-electron chi connectivity index (χ4n) is 3.16. The number of para-hydroxylation sites is 1. The fourth-order valence-corrected chi connectivity index (χ4v) is 4.43. The molecular formula is C20H23NO5S. The van der Waals surface area contributed by atoms with Crippen LogP contribution in [-0.2, 0) is 0 Å². The lowest BCUT2D eigenvalue weighted by atomic mass is 10.1. The highest BCUT2D eigenvalue weighted by atomic mass is 32.2. The quantitative estimate of drug-likeness (QED) is 0.752. The number of ether oxygens (including phenoxy) is 4. The van der Waals surface area contributed by atoms with Crippen molar-refractivity contribution in [2.75, 3.05) is 40.7 Å². The van der Waals surface area contributed by atoms with Gasteiger partial charge in [-0.1, -0.05) is 12.1 Å². The van der Waals surface area contributed by atoms with E-state index in [0.717, 1.165) is 11.3 Å². The van der Waals surface area contributed by atoms with Crippen LogP contribution in [0, 0.1) is 0 Å². The van der Waals surface area contributed by atoms with E-state index in [2.05, 4.69) is 0 Å². The Kier molecular flexibility index (Phi) is 6.01. The topological polar surface area (TPSA) is 57.2 Å². The first-order chi connectivity index (χ1) is 13.1. The molecule has 0 bridgehead atoms. The Hall–Kier alpha value is -2.54. The van der Waals surface area contributed by atoms with Gasteiger partial charge in [0.1, 0.15) is 16.9 Å². The van der Waals surface area contributed by atoms with Gasteiger partial charge in [-0.15, -0.1) is 11.8 Å². The van der Waals surface area contributed by atoms with Crippen molar-refractivity contribution in [1.29, 1.82) is 0 Å². The highest BCUT2D eigenvalue weighted by molar-refractivity contribution is 7.99. The maximum atomic E-state index is 13.2. The Morgan fingerprint density at radius 3 is 2.22 bits per heavy atom. The largest absolute Gasteiger partial charge is 0.496 e. The van der Waals surface area contributed by atoms with E-state index in [-0.39, 0.29) is 11.3 Å². The zero-order valence-corrected chi connectivity index (χ0v) is 16.7. The maximum absolute atomic E-state index is 13.2. The van der Waals surface area contributed by atoms with Gasteiger partial charge in [-0.25, -0.2) is 0 Å². The number of amides is 1. The van der Waals surface area contributed by atoms with Gasteiger partial charge in [0.2, 0.25) is 0 Å². The summed E-state index contributed by atoms with van der Waals surface area (Å²) in [6, 6.07) is 10.9. The molecule has 1 aliphatic heterocycles. The molecule has 0 saturated carbocycles. The van der Waals surface area contributed by atoms with Crippen LogP contribution < -0.4 is 18.9 Å². The molecule has 1 heterocycles. The summed E-state index contributed by atoms with van der Waals surface area (Å²) in [6.07, 6.45) is 0. The average molecular weight is 389 g/mol. The lowest BCUT2D eigenvalue weighted by Gasteiger charge is -2.26. The lowest BCUT2D eigenvalue weighted by Crippen LogP contribution is -2.31. The summed E-state index contributed by atoms with van der Waals surface area (Å²) in [4.78, 5) is 15.1. The molecule has 0 radical (unpaired) electrons. The number of methoxy groups -OCH3 is 4. The van der Waals surface area contributed by atoms with Gasteiger partial charge in [0.25, 0.3) is 5.91 Å². The molecule has 2 aromatic rings. The highest BCUT2D eigenvalue weighted by Gasteiger charge is 2.35. The van der Waals surface area contributed by atoms with E-state index in [1.54, 1.807) is 58.4 Å². The molecule has 1 unspecified atom stereocenters. The molecule has 1 amide bonds. The maximum Gasteiger partial charge on any atom is 0.258 e. The van der Waals surface area contributed by atoms with Gasteiger partial charge < -0.3 is 23.8 Å². The summed E-state index contributed by atoms with van der Waals surface area (Å²) in [5, 5.41) is -0.183. The number of nitrogens with zero attached hydrogens (tertiary/aromatic N) is 1. The van der Waals surface area contributed by atoms with E-state index in [9.17, 15) is 4.79 Å². The summed E-state index contributed by atoms with van der Waals surface area (Å²) in [7, 11) is 6.35. The fraction of sp³-hybridized carbons (Fsp3) is 0.350. The van der Waals surface area contributed by atoms with Gasteiger partial charge in [0.15, 0.2) is 11.5 Å². The second-order valence-corrected chi connectivity index (χ2v) is 7.06. The molecule has 6 nitrogen and oxygen atoms in total. The predicted molar refractivity (Wildman–Crippen MR) is 105 cm³/mol. The van der Waals surface area contributed by atoms with E-state index < -0.39 is 0 Å². The molecule has 2 aromatic carbocycles. The van der Waals surface area contributed by atoms with E-state index in [1.807, 2.05) is 23.1 Å². The van der Waals surface area contributed by atoms with Gasteiger partial charge in [-0.3, -0.25) is 4.79 Å². The van der Waals surface area contributed by atoms with Gasteiger partial charge in [0, 0.05) is 23.9 Å². The molecule has 3 rings (SSSR count). The first kappa shape index (κ1) is 19.2. The van der Waals surface area contributed by atoms with E-state index in [4.69, 9.17) is 18.9 Å². The summed E-state index contributed by atoms with van der Waals surface area (Å²) < 4.78 is 21.7. The molecule has 27 heavy (non-hydrogen) atoms. The van der Waals surface area contributed by atoms with Crippen LogP contribution in [0.2, 0.25) is 0 Å². The molecule has 0 aliphatic carbocycles. The van der Waals surface area contributed by atoms with E-state index >= 15 is 0 Å². The Labute approximate surface area is 163 Å². The predicted octanol–water partition coefficient (Wildman–Crippen LogP) is 3.61. The number of rotatable bonds is 6. The molecule has 144 valence electrons. The van der Waals surface area contributed by atoms with Crippen molar-refractivity contribution in [3.05, 3.63) is 47.5 Å². The summed E-state index contributed by atoms with van der Waals surface area (Å²) in [6.45, 7) is 0.643. The molecule has 0 spiro atoms. The molecule has 1 atom stereocenters. The number of carbonyl (C=O) groups is 1. The molecule has 1 saturated heterocycles. The van der Waals surface area contributed by atoms with Gasteiger partial charge in [-0.2, -0.15) is 0 Å². The van der Waals surface area contributed by atoms with Crippen LogP contribution in [0.25, 0.3) is 0 Å². The number of thioether (sulfide) groups is 1. The smallest absolute Gasteiger partial charge is 0.258 e. The zero-order valence-electron chi connectivity index (χ0n) is 15.9. The molecule has 1 aliphatic rings. The van der Waals surface area contributed by atoms with Crippen molar-refractivity contribution in [2.45, 2.75) is 5.37 Å². The Bertz CT molecular complexity index is 826. The van der Waals surface area contributed by atoms with Crippen molar-refractivity contribution in [1.82, 2.24) is 4.90 Å². The normalized spacial score (nSPS) is 16.1. The first-order valence-corrected chi connectivity index (χ1v) is 9.55. The Morgan fingerprint density at radius 2 is 1.56 bits per heavy atom. The van der Waals surface area contributed by atoms with Gasteiger partial charge in [0.05, 0.1) is 34.0 Å². The molecule has 0 aromatic heterocycles. The van der Waals surface area contributed by atoms with E-state index in [1.165, 1.54) is 0 Å². The monoisotopic (exact) mass is 389 g/mol. The minimum atomic E-state index is -0.183. The van der Waals surface area contributed by atoms with Crippen LogP contribution >= 0.6 is 11.8 Å². The van der Waals surface area contributed by atoms with Crippen molar-refractivity contribution in [2.24, 2.45) is 0 Å². The van der Waals surface area contributed by atoms with Crippen molar-refractivity contribution in [3.8, 4) is 23.0 Å². The summed E-state index contributed by atoms with van der Waals surface area (Å²) in [5.41, 5.74) is 1.42. The Balaban J connectivity index is 2.00. The number of carbonyl (C=O) groups excluding carboxylic acids is 1. The van der Waals surface area contributed by atoms with Crippen molar-refractivity contribution in [3.63, 3.8) is 0 Å². The minimum absolute atomic E-state index is 0.0701. The number of hydrogen-bond donors (Lipinski definition) is 0. The highest BCUT2D eigenvalue weighted by Crippen LogP contribution is 2.46. The van der Waals surface area contributed by atoms with E-state index in [0.29, 0.717) is 35.1 Å². The molecule has 1 fully saturated rings. The average Bonchev–Trinajstić information content (AvgIpc) is 3.21. The first-order valence-electron chi connectivity index (χ1n) is 8.50. The van der Waals surface area contributed by atoms with Crippen LogP contribution in [0.15, 0.2) is 36.4 Å². The second kappa shape index (κ2) is 8.43. The van der Waals surface area contributed by atoms with Crippen LogP contribution in [0.3, 0.4) is 0 Å². The summed E-state index contributed by atoms with van der Waals surface area (Å²) in [5.74, 6) is 3.18. The molecular weight excluding hydrogens is 366 g/mol. The van der Waals surface area contributed by atoms with Crippen LogP contribution in [0.5, 0.6) is 23.0 Å². The third-order valence-electron chi connectivity index (χ3n) is 4.49. The lowest BCUT2D eigenvalue weighted by molar-refractivity contribution is 0.0755. The van der Waals surface area contributed by atoms with Gasteiger partial charge >= 0.3 is 0 Å². The zero-order chi connectivity index (χ0) is 19.4. The molecule has 7 heteroatoms. The Morgan fingerprint density at radius 1 is 0.926 bits per heavy atom. The third kappa shape index (κ3) is 3.64. The van der Waals surface area contributed by atoms with Crippen LogP contribution in [-0.4, -0.2) is 51.5 Å². The number of benzene rings is 2. The standard InChI is InChI=1S/C20H23NO5S/c1-23-15-8-6-5-7-13(15)19(22)21-9-10-27-20(21)14-11-17(25-3)18(26-4)12-16(14)24-2/h5-8,11-12,20H,9-10H2,1-4H3. The third-order valence-corrected chi connectivity index (χ3v) is 5.73. The summed E-state index contributed by atoms with van der Waals surface area (Å²) >= 11 is 1.69. The van der Waals surface area contributed by atoms with Gasteiger partial charge in [-0.05, 0) is 18.2 Å². The number of hydrogen-bond acceptors (Lipinski definition) is 6. The second-order valence-electron chi connectivity index (χ2n) is 5.87. The van der Waals surface area contributed by atoms with Crippen LogP contribution in [0.1, 0.15) is 21.3 Å². The van der Waals surface area contributed by atoms with Crippen molar-refractivity contribution >= 4 is 17.7 Å². The SMILES string of the molecule is COc1cc(OC)c(C2SCCN2C(=O)c2ccccc2OC)cc1OC. The van der Waals surface area contributed by atoms with Crippen molar-refractivity contribution < 1.29 is 23.7 Å².